The molecule has 0 aliphatic heterocycles. The number of alkyl halides is 2. The van der Waals surface area contributed by atoms with Crippen LogP contribution in [-0.2, 0) is 4.74 Å². The molecule has 0 aromatic rings. The average molecular weight is 155 g/mol. The van der Waals surface area contributed by atoms with Crippen molar-refractivity contribution >= 4 is 23.2 Å². The molecule has 0 saturated carbocycles. The predicted octanol–water partition coefficient (Wildman–Crippen LogP) is 2.34. The lowest BCUT2D eigenvalue weighted by Crippen LogP contribution is -2.11. The molecule has 8 heavy (non-hydrogen) atoms. The van der Waals surface area contributed by atoms with Crippen LogP contribution in [0.2, 0.25) is 0 Å². The molecule has 0 aromatic heterocycles. The molecule has 0 aliphatic rings. The maximum absolute atomic E-state index is 5.41. The molecule has 0 aromatic carbocycles. The molecule has 0 saturated heterocycles. The summed E-state index contributed by atoms with van der Waals surface area (Å²) in [6, 6.07) is 0. The summed E-state index contributed by atoms with van der Waals surface area (Å²) in [5.41, 5.74) is 0. The monoisotopic (exact) mass is 154 g/mol. The molecule has 48 valence electrons. The standard InChI is InChI=1S/C5H8Cl2O/c1-3-4-8-5(2,6)7/h3H,1,4H2,2H3. The maximum Gasteiger partial charge on any atom is 0.214 e. The van der Waals surface area contributed by atoms with Gasteiger partial charge in [0.15, 0.2) is 0 Å². The highest BCUT2D eigenvalue weighted by atomic mass is 35.5. The fourth-order valence-electron chi connectivity index (χ4n) is 0.205. The van der Waals surface area contributed by atoms with Gasteiger partial charge in [0.2, 0.25) is 4.52 Å². The smallest absolute Gasteiger partial charge is 0.214 e. The summed E-state index contributed by atoms with van der Waals surface area (Å²) in [5.74, 6) is 0. The molecule has 0 spiro atoms. The number of rotatable bonds is 3. The summed E-state index contributed by atoms with van der Waals surface area (Å²) < 4.78 is 3.72. The molecule has 1 nitrogen and oxygen atoms in total. The quantitative estimate of drug-likeness (QED) is 0.449. The largest absolute Gasteiger partial charge is 0.343 e. The summed E-state index contributed by atoms with van der Waals surface area (Å²) in [5, 5.41) is 0. The SMILES string of the molecule is C=CCOC(C)(Cl)Cl. The lowest BCUT2D eigenvalue weighted by Gasteiger charge is -2.11. The molecule has 0 heterocycles. The predicted molar refractivity (Wildman–Crippen MR) is 36.3 cm³/mol. The second-order valence-electron chi connectivity index (χ2n) is 1.41. The van der Waals surface area contributed by atoms with E-state index in [1.165, 1.54) is 0 Å². The Morgan fingerprint density at radius 1 is 1.75 bits per heavy atom. The third kappa shape index (κ3) is 6.28. The minimum absolute atomic E-state index is 0.378. The van der Waals surface area contributed by atoms with Gasteiger partial charge in [-0.05, 0) is 6.92 Å². The first-order valence-corrected chi connectivity index (χ1v) is 2.94. The minimum atomic E-state index is -1.08. The van der Waals surface area contributed by atoms with Gasteiger partial charge in [-0.15, -0.1) is 6.58 Å². The van der Waals surface area contributed by atoms with E-state index in [0.29, 0.717) is 6.61 Å². The van der Waals surface area contributed by atoms with Crippen molar-refractivity contribution in [3.05, 3.63) is 12.7 Å². The van der Waals surface area contributed by atoms with Crippen molar-refractivity contribution < 1.29 is 4.74 Å². The van der Waals surface area contributed by atoms with Gasteiger partial charge in [0, 0.05) is 0 Å². The Morgan fingerprint density at radius 3 is 2.38 bits per heavy atom. The van der Waals surface area contributed by atoms with E-state index in [1.807, 2.05) is 0 Å². The number of ether oxygens (including phenoxy) is 1. The molecule has 3 heteroatoms. The van der Waals surface area contributed by atoms with Crippen molar-refractivity contribution in [3.63, 3.8) is 0 Å². The molecule has 0 aliphatic carbocycles. The van der Waals surface area contributed by atoms with Gasteiger partial charge in [-0.1, -0.05) is 29.3 Å². The molecule has 0 amide bonds. The molecule has 0 N–H and O–H groups in total. The van der Waals surface area contributed by atoms with Crippen LogP contribution in [0, 0.1) is 0 Å². The zero-order valence-electron chi connectivity index (χ0n) is 4.66. The second-order valence-corrected chi connectivity index (χ2v) is 3.04. The van der Waals surface area contributed by atoms with Gasteiger partial charge in [0.05, 0.1) is 6.61 Å². The van der Waals surface area contributed by atoms with Crippen molar-refractivity contribution in [2.45, 2.75) is 11.4 Å². The Morgan fingerprint density at radius 2 is 2.25 bits per heavy atom. The van der Waals surface area contributed by atoms with Crippen LogP contribution in [0.4, 0.5) is 0 Å². The minimum Gasteiger partial charge on any atom is -0.343 e. The summed E-state index contributed by atoms with van der Waals surface area (Å²) >= 11 is 10.8. The fraction of sp³-hybridized carbons (Fsp3) is 0.600. The topological polar surface area (TPSA) is 9.23 Å². The van der Waals surface area contributed by atoms with Gasteiger partial charge < -0.3 is 4.74 Å². The van der Waals surface area contributed by atoms with Gasteiger partial charge in [-0.2, -0.15) is 0 Å². The van der Waals surface area contributed by atoms with Crippen LogP contribution < -0.4 is 0 Å². The highest BCUT2D eigenvalue weighted by Gasteiger charge is 2.14. The van der Waals surface area contributed by atoms with Crippen molar-refractivity contribution in [1.82, 2.24) is 0 Å². The van der Waals surface area contributed by atoms with Gasteiger partial charge in [0.1, 0.15) is 0 Å². The molecule has 0 atom stereocenters. The van der Waals surface area contributed by atoms with E-state index in [9.17, 15) is 0 Å². The second kappa shape index (κ2) is 3.33. The Balaban J connectivity index is 3.24. The van der Waals surface area contributed by atoms with Crippen LogP contribution in [0.25, 0.3) is 0 Å². The van der Waals surface area contributed by atoms with Gasteiger partial charge in [0.25, 0.3) is 0 Å². The van der Waals surface area contributed by atoms with Crippen LogP contribution in [0.3, 0.4) is 0 Å². The lowest BCUT2D eigenvalue weighted by atomic mass is 10.7. The summed E-state index contributed by atoms with van der Waals surface area (Å²) in [7, 11) is 0. The van der Waals surface area contributed by atoms with Crippen LogP contribution in [0.5, 0.6) is 0 Å². The van der Waals surface area contributed by atoms with E-state index >= 15 is 0 Å². The Hall–Kier alpha value is 0.280. The maximum atomic E-state index is 5.41. The van der Waals surface area contributed by atoms with E-state index in [0.717, 1.165) is 0 Å². The Labute approximate surface area is 59.2 Å². The van der Waals surface area contributed by atoms with E-state index in [1.54, 1.807) is 13.0 Å². The number of halogens is 2. The molecule has 0 bridgehead atoms. The zero-order valence-corrected chi connectivity index (χ0v) is 6.17. The van der Waals surface area contributed by atoms with Crippen LogP contribution in [0.1, 0.15) is 6.92 Å². The van der Waals surface area contributed by atoms with Gasteiger partial charge in [-0.25, -0.2) is 0 Å². The summed E-state index contributed by atoms with van der Waals surface area (Å²) in [4.78, 5) is 0. The van der Waals surface area contributed by atoms with Crippen molar-refractivity contribution in [3.8, 4) is 0 Å². The number of hydrogen-bond acceptors (Lipinski definition) is 1. The van der Waals surface area contributed by atoms with Crippen LogP contribution >= 0.6 is 23.2 Å². The van der Waals surface area contributed by atoms with Gasteiger partial charge in [-0.3, -0.25) is 0 Å². The summed E-state index contributed by atoms with van der Waals surface area (Å²) in [6.07, 6.45) is 1.59. The normalized spacial score (nSPS) is 11.4. The molecule has 0 radical (unpaired) electrons. The van der Waals surface area contributed by atoms with Crippen molar-refractivity contribution in [2.75, 3.05) is 6.61 Å². The Bertz CT molecular complexity index is 75.0. The van der Waals surface area contributed by atoms with E-state index in [4.69, 9.17) is 27.9 Å². The molecule has 0 unspecified atom stereocenters. The average Bonchev–Trinajstić information content (AvgIpc) is 1.59. The third-order valence-corrected chi connectivity index (χ3v) is 0.673. The fourth-order valence-corrected chi connectivity index (χ4v) is 0.331. The van der Waals surface area contributed by atoms with Crippen molar-refractivity contribution in [2.24, 2.45) is 0 Å². The molecule has 0 rings (SSSR count). The van der Waals surface area contributed by atoms with Gasteiger partial charge >= 0.3 is 0 Å². The van der Waals surface area contributed by atoms with Crippen LogP contribution in [-0.4, -0.2) is 11.1 Å². The Kier molecular flexibility index (Phi) is 3.45. The van der Waals surface area contributed by atoms with Crippen molar-refractivity contribution in [1.29, 1.82) is 0 Å². The molecular weight excluding hydrogens is 147 g/mol. The summed E-state index contributed by atoms with van der Waals surface area (Å²) in [6.45, 7) is 5.36. The first-order chi connectivity index (χ1) is 3.56. The van der Waals surface area contributed by atoms with Crippen LogP contribution in [0.15, 0.2) is 12.7 Å². The first-order valence-electron chi connectivity index (χ1n) is 2.19. The molecular formula is C5H8Cl2O. The van der Waals surface area contributed by atoms with E-state index in [-0.39, 0.29) is 0 Å². The number of hydrogen-bond donors (Lipinski definition) is 0. The molecule has 0 fully saturated rings. The highest BCUT2D eigenvalue weighted by Crippen LogP contribution is 2.20. The lowest BCUT2D eigenvalue weighted by molar-refractivity contribution is 0.116. The van der Waals surface area contributed by atoms with E-state index in [2.05, 4.69) is 6.58 Å². The zero-order chi connectivity index (χ0) is 6.62. The first kappa shape index (κ1) is 8.28. The van der Waals surface area contributed by atoms with E-state index < -0.39 is 4.52 Å². The highest BCUT2D eigenvalue weighted by molar-refractivity contribution is 6.46. The third-order valence-electron chi connectivity index (χ3n) is 0.455.